The summed E-state index contributed by atoms with van der Waals surface area (Å²) in [6.07, 6.45) is 0. The number of hydrogen-bond acceptors (Lipinski definition) is 0. The van der Waals surface area contributed by atoms with Crippen molar-refractivity contribution in [1.29, 1.82) is 0 Å². The van der Waals surface area contributed by atoms with Crippen LogP contribution in [-0.4, -0.2) is 4.79 Å². The first-order valence-electron chi connectivity index (χ1n) is 3.42. The second-order valence-electron chi connectivity index (χ2n) is 2.54. The van der Waals surface area contributed by atoms with Crippen molar-refractivity contribution in [3.63, 3.8) is 0 Å². The predicted molar refractivity (Wildman–Crippen MR) is 38.3 cm³/mol. The number of benzene rings is 1. The normalized spacial score (nSPS) is 11.1. The Bertz CT molecular complexity index is 474. The van der Waals surface area contributed by atoms with Crippen molar-refractivity contribution in [2.24, 2.45) is 0 Å². The SMILES string of the molecule is Fc1ccc2c(cc(F)n2F)c1F. The van der Waals surface area contributed by atoms with Gasteiger partial charge in [-0.25, -0.2) is 8.78 Å². The maximum Gasteiger partial charge on any atom is 0.223 e. The van der Waals surface area contributed by atoms with Crippen LogP contribution >= 0.6 is 0 Å². The molecule has 0 aliphatic heterocycles. The zero-order valence-corrected chi connectivity index (χ0v) is 6.19. The Balaban J connectivity index is 2.94. The van der Waals surface area contributed by atoms with Crippen molar-refractivity contribution in [2.45, 2.75) is 0 Å². The van der Waals surface area contributed by atoms with Crippen molar-refractivity contribution < 1.29 is 17.7 Å². The van der Waals surface area contributed by atoms with Crippen molar-refractivity contribution in [3.05, 3.63) is 35.8 Å². The summed E-state index contributed by atoms with van der Waals surface area (Å²) in [6, 6.07) is 2.32. The molecule has 0 atom stereocenters. The zero-order chi connectivity index (χ0) is 9.59. The van der Waals surface area contributed by atoms with Crippen LogP contribution in [0.3, 0.4) is 0 Å². The smallest absolute Gasteiger partial charge is 0.204 e. The molecule has 0 N–H and O–H groups in total. The molecule has 0 spiro atoms. The Morgan fingerprint density at radius 2 is 1.77 bits per heavy atom. The highest BCUT2D eigenvalue weighted by Gasteiger charge is 2.14. The largest absolute Gasteiger partial charge is 0.223 e. The molecular weight excluding hydrogens is 186 g/mol. The number of nitrogens with zero attached hydrogens (tertiary/aromatic N) is 1. The second kappa shape index (κ2) is 2.48. The van der Waals surface area contributed by atoms with E-state index in [1.165, 1.54) is 0 Å². The van der Waals surface area contributed by atoms with Gasteiger partial charge in [0.05, 0.1) is 5.52 Å². The second-order valence-corrected chi connectivity index (χ2v) is 2.54. The summed E-state index contributed by atoms with van der Waals surface area (Å²) in [7, 11) is 0. The van der Waals surface area contributed by atoms with Gasteiger partial charge in [0.25, 0.3) is 0 Å². The van der Waals surface area contributed by atoms with E-state index in [0.29, 0.717) is 6.07 Å². The molecule has 0 radical (unpaired) electrons. The molecule has 0 unspecified atom stereocenters. The fraction of sp³-hybridized carbons (Fsp3) is 0. The molecule has 0 aliphatic carbocycles. The molecule has 0 bridgehead atoms. The first-order valence-corrected chi connectivity index (χ1v) is 3.42. The molecule has 2 rings (SSSR count). The lowest BCUT2D eigenvalue weighted by atomic mass is 10.2. The zero-order valence-electron chi connectivity index (χ0n) is 6.19. The van der Waals surface area contributed by atoms with E-state index in [0.717, 1.165) is 12.1 Å². The van der Waals surface area contributed by atoms with E-state index in [2.05, 4.69) is 0 Å². The van der Waals surface area contributed by atoms with Crippen LogP contribution in [-0.2, 0) is 0 Å². The van der Waals surface area contributed by atoms with Gasteiger partial charge in [0.1, 0.15) is 0 Å². The average molecular weight is 189 g/mol. The molecule has 0 saturated carbocycles. The summed E-state index contributed by atoms with van der Waals surface area (Å²) in [5, 5.41) is -0.403. The Morgan fingerprint density at radius 1 is 1.08 bits per heavy atom. The molecule has 0 aliphatic rings. The minimum Gasteiger partial charge on any atom is -0.204 e. The first kappa shape index (κ1) is 8.10. The van der Waals surface area contributed by atoms with Gasteiger partial charge in [-0.2, -0.15) is 9.18 Å². The van der Waals surface area contributed by atoms with E-state index in [1.807, 2.05) is 0 Å². The van der Waals surface area contributed by atoms with E-state index >= 15 is 0 Å². The minimum absolute atomic E-state index is 0.323. The van der Waals surface area contributed by atoms with Crippen molar-refractivity contribution in [1.82, 2.24) is 4.79 Å². The number of halogens is 4. The highest BCUT2D eigenvalue weighted by molar-refractivity contribution is 5.80. The highest BCUT2D eigenvalue weighted by atomic mass is 19.2. The molecule has 0 saturated heterocycles. The summed E-state index contributed by atoms with van der Waals surface area (Å²) in [4.78, 5) is -0.335. The van der Waals surface area contributed by atoms with Gasteiger partial charge < -0.3 is 0 Å². The molecule has 13 heavy (non-hydrogen) atoms. The predicted octanol–water partition coefficient (Wildman–Crippen LogP) is 2.79. The van der Waals surface area contributed by atoms with Gasteiger partial charge in [-0.05, 0) is 12.1 Å². The van der Waals surface area contributed by atoms with Gasteiger partial charge >= 0.3 is 0 Å². The molecule has 0 amide bonds. The Kier molecular flexibility index (Phi) is 1.55. The number of hydrogen-bond donors (Lipinski definition) is 0. The Labute approximate surface area is 70.1 Å². The van der Waals surface area contributed by atoms with Gasteiger partial charge in [-0.3, -0.25) is 0 Å². The van der Waals surface area contributed by atoms with E-state index in [4.69, 9.17) is 0 Å². The topological polar surface area (TPSA) is 4.93 Å². The molecule has 1 aromatic carbocycles. The Hall–Kier alpha value is -1.52. The van der Waals surface area contributed by atoms with E-state index in [1.54, 1.807) is 0 Å². The molecule has 1 nitrogen and oxygen atoms in total. The summed E-state index contributed by atoms with van der Waals surface area (Å²) >= 11 is 0. The van der Waals surface area contributed by atoms with E-state index < -0.39 is 23.0 Å². The third kappa shape index (κ3) is 0.998. The quantitative estimate of drug-likeness (QED) is 0.561. The fourth-order valence-corrected chi connectivity index (χ4v) is 1.16. The van der Waals surface area contributed by atoms with E-state index in [-0.39, 0.29) is 10.3 Å². The molecular formula is C8H3F4N. The molecule has 1 heterocycles. The van der Waals surface area contributed by atoms with Gasteiger partial charge in [-0.1, -0.05) is 4.48 Å². The lowest BCUT2D eigenvalue weighted by Gasteiger charge is -1.94. The van der Waals surface area contributed by atoms with Crippen molar-refractivity contribution >= 4 is 10.9 Å². The number of aromatic nitrogens is 1. The van der Waals surface area contributed by atoms with Crippen LogP contribution in [0.2, 0.25) is 0 Å². The van der Waals surface area contributed by atoms with Crippen LogP contribution in [0.15, 0.2) is 18.2 Å². The average Bonchev–Trinajstić information content (AvgIpc) is 2.38. The van der Waals surface area contributed by atoms with Crippen molar-refractivity contribution in [3.8, 4) is 0 Å². The van der Waals surface area contributed by atoms with Crippen molar-refractivity contribution in [2.75, 3.05) is 0 Å². The molecule has 2 aromatic rings. The highest BCUT2D eigenvalue weighted by Crippen LogP contribution is 2.23. The van der Waals surface area contributed by atoms with Gasteiger partial charge in [0.15, 0.2) is 11.6 Å². The third-order valence-corrected chi connectivity index (χ3v) is 1.77. The van der Waals surface area contributed by atoms with Crippen LogP contribution in [0, 0.1) is 17.6 Å². The summed E-state index contributed by atoms with van der Waals surface area (Å²) in [5.74, 6) is -3.62. The van der Waals surface area contributed by atoms with Crippen LogP contribution < -0.4 is 0 Å². The third-order valence-electron chi connectivity index (χ3n) is 1.77. The summed E-state index contributed by atoms with van der Waals surface area (Å²) in [5.41, 5.74) is -0.323. The van der Waals surface area contributed by atoms with E-state index in [9.17, 15) is 17.7 Å². The van der Waals surface area contributed by atoms with Gasteiger partial charge in [-0.15, -0.1) is 0 Å². The maximum atomic E-state index is 12.9. The van der Waals surface area contributed by atoms with Crippen LogP contribution in [0.25, 0.3) is 10.9 Å². The van der Waals surface area contributed by atoms with Gasteiger partial charge in [0, 0.05) is 11.5 Å². The van der Waals surface area contributed by atoms with Crippen LogP contribution in [0.5, 0.6) is 0 Å². The van der Waals surface area contributed by atoms with Crippen LogP contribution in [0.1, 0.15) is 0 Å². The van der Waals surface area contributed by atoms with Gasteiger partial charge in [0.2, 0.25) is 5.95 Å². The molecule has 1 aromatic heterocycles. The molecule has 68 valence electrons. The maximum absolute atomic E-state index is 12.9. The lowest BCUT2D eigenvalue weighted by Crippen LogP contribution is -1.87. The summed E-state index contributed by atoms with van der Waals surface area (Å²) in [6.45, 7) is 0. The minimum atomic E-state index is -1.25. The summed E-state index contributed by atoms with van der Waals surface area (Å²) < 4.78 is 50.7. The number of fused-ring (bicyclic) bond motifs is 1. The monoisotopic (exact) mass is 189 g/mol. The fourth-order valence-electron chi connectivity index (χ4n) is 1.16. The standard InChI is InChI=1S/C8H3F4N/c9-5-1-2-6-4(8(5)11)3-7(10)13(6)12/h1-3H. The van der Waals surface area contributed by atoms with Crippen LogP contribution in [0.4, 0.5) is 17.7 Å². The molecule has 5 heteroatoms. The Morgan fingerprint density at radius 3 is 2.46 bits per heavy atom. The number of rotatable bonds is 0. The molecule has 0 fully saturated rings. The first-order chi connectivity index (χ1) is 6.11. The lowest BCUT2D eigenvalue weighted by molar-refractivity contribution is 0.313.